The van der Waals surface area contributed by atoms with Crippen LogP contribution in [-0.4, -0.2) is 54.5 Å². The number of likely N-dealkylation sites (tertiary alicyclic amines) is 1. The van der Waals surface area contributed by atoms with Gasteiger partial charge in [-0.1, -0.05) is 42.5 Å². The van der Waals surface area contributed by atoms with Gasteiger partial charge in [0, 0.05) is 31.9 Å². The number of benzene rings is 2. The number of hydrogen-bond donors (Lipinski definition) is 3. The van der Waals surface area contributed by atoms with Crippen molar-refractivity contribution in [3.05, 3.63) is 105 Å². The maximum Gasteiger partial charge on any atom is 0.290 e. The van der Waals surface area contributed by atoms with Crippen LogP contribution in [0, 0.1) is 0 Å². The molecule has 1 fully saturated rings. The number of azo groups is 1. The zero-order chi connectivity index (χ0) is 30.1. The van der Waals surface area contributed by atoms with E-state index in [0.717, 1.165) is 16.7 Å². The van der Waals surface area contributed by atoms with E-state index in [1.54, 1.807) is 37.1 Å². The third kappa shape index (κ3) is 5.69. The van der Waals surface area contributed by atoms with Crippen LogP contribution in [0.25, 0.3) is 11.3 Å². The number of anilines is 2. The molecule has 43 heavy (non-hydrogen) atoms. The van der Waals surface area contributed by atoms with Crippen LogP contribution in [-0.2, 0) is 20.2 Å². The smallest absolute Gasteiger partial charge is 0.290 e. The van der Waals surface area contributed by atoms with Gasteiger partial charge in [0.15, 0.2) is 0 Å². The van der Waals surface area contributed by atoms with Crippen molar-refractivity contribution in [3.8, 4) is 11.3 Å². The minimum Gasteiger partial charge on any atom is -0.392 e. The van der Waals surface area contributed by atoms with Crippen LogP contribution in [0.5, 0.6) is 0 Å². The summed E-state index contributed by atoms with van der Waals surface area (Å²) < 4.78 is 1.24. The number of carbonyl (C=O) groups excluding carboxylic acids is 1. The van der Waals surface area contributed by atoms with E-state index in [1.807, 2.05) is 42.5 Å². The molecule has 0 radical (unpaired) electrons. The van der Waals surface area contributed by atoms with Gasteiger partial charge in [-0.3, -0.25) is 9.59 Å². The van der Waals surface area contributed by atoms with Gasteiger partial charge in [0.1, 0.15) is 17.5 Å². The molecule has 0 bridgehead atoms. The van der Waals surface area contributed by atoms with Crippen molar-refractivity contribution in [1.82, 2.24) is 19.7 Å². The van der Waals surface area contributed by atoms with Crippen molar-refractivity contribution >= 4 is 17.4 Å². The molecule has 6 rings (SSSR count). The average molecular weight is 580 g/mol. The molecule has 2 aliphatic heterocycles. The van der Waals surface area contributed by atoms with Crippen molar-refractivity contribution < 1.29 is 15.0 Å². The van der Waals surface area contributed by atoms with Crippen molar-refractivity contribution in [2.75, 3.05) is 18.4 Å². The zero-order valence-corrected chi connectivity index (χ0v) is 24.1. The van der Waals surface area contributed by atoms with Gasteiger partial charge in [0.25, 0.3) is 11.5 Å². The van der Waals surface area contributed by atoms with E-state index in [0.29, 0.717) is 60.7 Å². The number of fused-ring (bicyclic) bond motifs is 1. The SMILES string of the molecule is Cn1nc(-c2cccc(C3N=NCc4ccccc43)c2CO)cc(Nc2ccc(C(=O)N3CCC(C)(O)CC3)cn2)c1=O. The Morgan fingerprint density at radius 2 is 1.84 bits per heavy atom. The van der Waals surface area contributed by atoms with Crippen molar-refractivity contribution in [2.45, 2.75) is 44.6 Å². The van der Waals surface area contributed by atoms with Crippen LogP contribution in [0.2, 0.25) is 0 Å². The molecule has 220 valence electrons. The Morgan fingerprint density at radius 3 is 2.58 bits per heavy atom. The Kier molecular flexibility index (Phi) is 7.59. The van der Waals surface area contributed by atoms with Crippen LogP contribution >= 0.6 is 0 Å². The highest BCUT2D eigenvalue weighted by Crippen LogP contribution is 2.38. The van der Waals surface area contributed by atoms with E-state index in [-0.39, 0.29) is 29.8 Å². The van der Waals surface area contributed by atoms with E-state index in [2.05, 4.69) is 25.6 Å². The molecule has 2 aromatic heterocycles. The molecule has 2 aliphatic rings. The lowest BCUT2D eigenvalue weighted by Gasteiger charge is -2.35. The Bertz CT molecular complexity index is 1750. The van der Waals surface area contributed by atoms with Gasteiger partial charge in [0.2, 0.25) is 0 Å². The lowest BCUT2D eigenvalue weighted by Crippen LogP contribution is -2.45. The van der Waals surface area contributed by atoms with Crippen LogP contribution in [0.1, 0.15) is 58.4 Å². The van der Waals surface area contributed by atoms with Gasteiger partial charge in [-0.05, 0) is 60.2 Å². The standard InChI is InChI=1S/C32H33N7O4/c1-32(43)12-14-39(15-13-32)30(41)21-10-11-28(33-17-21)35-27-16-26(37-38(2)31(27)42)23-8-5-9-24(25(23)19-40)29-22-7-4-3-6-20(22)18-34-36-29/h3-11,16-17,29,40,43H,12-15,18-19H2,1-2H3,(H,33,35). The predicted octanol–water partition coefficient (Wildman–Crippen LogP) is 4.12. The molecular weight excluding hydrogens is 546 g/mol. The van der Waals surface area contributed by atoms with E-state index in [4.69, 9.17) is 0 Å². The third-order valence-electron chi connectivity index (χ3n) is 8.19. The monoisotopic (exact) mass is 579 g/mol. The van der Waals surface area contributed by atoms with Crippen LogP contribution < -0.4 is 10.9 Å². The van der Waals surface area contributed by atoms with Gasteiger partial charge < -0.3 is 20.4 Å². The molecule has 1 saturated heterocycles. The fourth-order valence-corrected chi connectivity index (χ4v) is 5.65. The Hall–Kier alpha value is -4.74. The van der Waals surface area contributed by atoms with Crippen LogP contribution in [0.15, 0.2) is 81.9 Å². The Balaban J connectivity index is 1.28. The number of aliphatic hydroxyl groups is 2. The number of nitrogens with one attached hydrogen (secondary N) is 1. The number of piperidine rings is 1. The summed E-state index contributed by atoms with van der Waals surface area (Å²) in [5.74, 6) is 0.246. The number of pyridine rings is 1. The first kappa shape index (κ1) is 28.4. The van der Waals surface area contributed by atoms with Gasteiger partial charge >= 0.3 is 0 Å². The van der Waals surface area contributed by atoms with Crippen molar-refractivity contribution in [2.24, 2.45) is 17.3 Å². The van der Waals surface area contributed by atoms with E-state index in [1.165, 1.54) is 10.9 Å². The lowest BCUT2D eigenvalue weighted by atomic mass is 9.88. The van der Waals surface area contributed by atoms with E-state index < -0.39 is 5.60 Å². The summed E-state index contributed by atoms with van der Waals surface area (Å²) in [6.45, 7) is 3.01. The minimum absolute atomic E-state index is 0.145. The van der Waals surface area contributed by atoms with E-state index >= 15 is 0 Å². The number of hydrogen-bond acceptors (Lipinski definition) is 9. The fourth-order valence-electron chi connectivity index (χ4n) is 5.65. The molecular formula is C32H33N7O4. The summed E-state index contributed by atoms with van der Waals surface area (Å²) >= 11 is 0. The second-order valence-electron chi connectivity index (χ2n) is 11.3. The number of nitrogens with zero attached hydrogens (tertiary/aromatic N) is 6. The molecule has 3 N–H and O–H groups in total. The van der Waals surface area contributed by atoms with Crippen LogP contribution in [0.4, 0.5) is 11.5 Å². The molecule has 4 heterocycles. The number of aliphatic hydroxyl groups excluding tert-OH is 1. The molecule has 11 heteroatoms. The minimum atomic E-state index is -0.746. The highest BCUT2D eigenvalue weighted by atomic mass is 16.3. The molecule has 2 aromatic carbocycles. The fraction of sp³-hybridized carbons (Fsp3) is 0.312. The molecule has 0 saturated carbocycles. The number of rotatable bonds is 6. The average Bonchev–Trinajstić information content (AvgIpc) is 3.02. The topological polar surface area (TPSA) is 145 Å². The number of carbonyl (C=O) groups is 1. The van der Waals surface area contributed by atoms with Gasteiger partial charge in [-0.25, -0.2) is 9.67 Å². The third-order valence-corrected chi connectivity index (χ3v) is 8.19. The molecule has 4 aromatic rings. The molecule has 1 atom stereocenters. The molecule has 0 aliphatic carbocycles. The van der Waals surface area contributed by atoms with Gasteiger partial charge in [-0.15, -0.1) is 0 Å². The summed E-state index contributed by atoms with van der Waals surface area (Å²) in [5, 5.41) is 37.1. The summed E-state index contributed by atoms with van der Waals surface area (Å²) in [6.07, 6.45) is 2.53. The summed E-state index contributed by atoms with van der Waals surface area (Å²) in [5.41, 5.74) is 4.34. The van der Waals surface area contributed by atoms with Crippen molar-refractivity contribution in [3.63, 3.8) is 0 Å². The molecule has 1 unspecified atom stereocenters. The normalized spacial score (nSPS) is 17.4. The molecule has 0 spiro atoms. The predicted molar refractivity (Wildman–Crippen MR) is 161 cm³/mol. The lowest BCUT2D eigenvalue weighted by molar-refractivity contribution is -0.00203. The van der Waals surface area contributed by atoms with Crippen molar-refractivity contribution in [1.29, 1.82) is 0 Å². The van der Waals surface area contributed by atoms with Gasteiger partial charge in [0.05, 0.1) is 30.0 Å². The maximum absolute atomic E-state index is 13.0. The highest BCUT2D eigenvalue weighted by Gasteiger charge is 2.30. The van der Waals surface area contributed by atoms with Gasteiger partial charge in [-0.2, -0.15) is 15.3 Å². The maximum atomic E-state index is 13.0. The number of amides is 1. The highest BCUT2D eigenvalue weighted by molar-refractivity contribution is 5.94. The molecule has 1 amide bonds. The first-order valence-electron chi connectivity index (χ1n) is 14.2. The summed E-state index contributed by atoms with van der Waals surface area (Å²) in [7, 11) is 1.57. The Morgan fingerprint density at radius 1 is 1.07 bits per heavy atom. The summed E-state index contributed by atoms with van der Waals surface area (Å²) in [4.78, 5) is 32.1. The quantitative estimate of drug-likeness (QED) is 0.312. The number of aromatic nitrogens is 3. The second kappa shape index (κ2) is 11.5. The van der Waals surface area contributed by atoms with Crippen LogP contribution in [0.3, 0.4) is 0 Å². The van der Waals surface area contributed by atoms with E-state index in [9.17, 15) is 19.8 Å². The zero-order valence-electron chi connectivity index (χ0n) is 24.1. The first-order chi connectivity index (χ1) is 20.7. The molecule has 11 nitrogen and oxygen atoms in total. The number of aryl methyl sites for hydroxylation is 1. The first-order valence-corrected chi connectivity index (χ1v) is 14.2. The largest absolute Gasteiger partial charge is 0.392 e. The Labute approximate surface area is 248 Å². The second-order valence-corrected chi connectivity index (χ2v) is 11.3. The summed E-state index contributed by atoms with van der Waals surface area (Å²) in [6, 6.07) is 18.3.